The summed E-state index contributed by atoms with van der Waals surface area (Å²) >= 11 is 4.96. The number of rotatable bonds is 5. The number of amides is 1. The quantitative estimate of drug-likeness (QED) is 0.801. The molecule has 0 aromatic heterocycles. The van der Waals surface area contributed by atoms with E-state index < -0.39 is 12.0 Å². The molecule has 114 valence electrons. The highest BCUT2D eigenvalue weighted by Gasteiger charge is 2.32. The number of carbonyl (C=O) groups excluding carboxylic acids is 1. The van der Waals surface area contributed by atoms with E-state index >= 15 is 0 Å². The van der Waals surface area contributed by atoms with Crippen LogP contribution in [0.25, 0.3) is 0 Å². The maximum Gasteiger partial charge on any atom is 0.328 e. The van der Waals surface area contributed by atoms with Crippen molar-refractivity contribution in [3.63, 3.8) is 0 Å². The van der Waals surface area contributed by atoms with E-state index in [1.165, 1.54) is 4.90 Å². The fraction of sp³-hybridized carbons (Fsp3) is 0.429. The van der Waals surface area contributed by atoms with E-state index in [1.807, 2.05) is 24.3 Å². The molecule has 0 spiro atoms. The highest BCUT2D eigenvalue weighted by Crippen LogP contribution is 2.22. The Morgan fingerprint density at radius 1 is 1.38 bits per heavy atom. The van der Waals surface area contributed by atoms with Crippen LogP contribution in [0.2, 0.25) is 0 Å². The van der Waals surface area contributed by atoms with Crippen molar-refractivity contribution in [2.75, 3.05) is 25.5 Å². The van der Waals surface area contributed by atoms with Crippen LogP contribution < -0.4 is 0 Å². The van der Waals surface area contributed by atoms with Gasteiger partial charge in [-0.25, -0.2) is 4.79 Å². The fourth-order valence-corrected chi connectivity index (χ4v) is 3.14. The van der Waals surface area contributed by atoms with Gasteiger partial charge in [0.05, 0.1) is 13.2 Å². The van der Waals surface area contributed by atoms with Gasteiger partial charge in [-0.1, -0.05) is 15.9 Å². The molecule has 7 heteroatoms. The molecule has 0 aliphatic carbocycles. The summed E-state index contributed by atoms with van der Waals surface area (Å²) in [6.07, 6.45) is 0.324. The summed E-state index contributed by atoms with van der Waals surface area (Å²) in [6.45, 7) is 0.815. The lowest BCUT2D eigenvalue weighted by atomic mass is 10.2. The van der Waals surface area contributed by atoms with E-state index in [-0.39, 0.29) is 12.5 Å². The zero-order valence-electron chi connectivity index (χ0n) is 11.3. The Morgan fingerprint density at radius 3 is 2.76 bits per heavy atom. The first kappa shape index (κ1) is 16.3. The molecule has 1 aliphatic heterocycles. The summed E-state index contributed by atoms with van der Waals surface area (Å²) in [7, 11) is 0. The molecule has 1 amide bonds. The van der Waals surface area contributed by atoms with E-state index in [0.29, 0.717) is 25.3 Å². The third kappa shape index (κ3) is 4.72. The molecule has 1 fully saturated rings. The van der Waals surface area contributed by atoms with Gasteiger partial charge in [-0.3, -0.25) is 4.79 Å². The van der Waals surface area contributed by atoms with Gasteiger partial charge < -0.3 is 14.7 Å². The second kappa shape index (κ2) is 7.82. The van der Waals surface area contributed by atoms with Crippen molar-refractivity contribution in [3.05, 3.63) is 28.7 Å². The Kier molecular flexibility index (Phi) is 6.08. The number of benzene rings is 1. The number of nitrogens with zero attached hydrogens (tertiary/aromatic N) is 1. The van der Waals surface area contributed by atoms with Crippen LogP contribution in [0.5, 0.6) is 0 Å². The van der Waals surface area contributed by atoms with E-state index in [1.54, 1.807) is 11.8 Å². The van der Waals surface area contributed by atoms with Crippen molar-refractivity contribution >= 4 is 39.6 Å². The Morgan fingerprint density at radius 2 is 2.10 bits per heavy atom. The Balaban J connectivity index is 1.83. The summed E-state index contributed by atoms with van der Waals surface area (Å²) in [4.78, 5) is 25.8. The second-order valence-corrected chi connectivity index (χ2v) is 6.65. The van der Waals surface area contributed by atoms with Gasteiger partial charge in [0.15, 0.2) is 6.04 Å². The zero-order valence-corrected chi connectivity index (χ0v) is 13.7. The maximum atomic E-state index is 12.1. The number of thioether (sulfide) groups is 1. The summed E-state index contributed by atoms with van der Waals surface area (Å²) < 4.78 is 6.14. The molecule has 5 nitrogen and oxygen atoms in total. The number of ether oxygens (including phenoxy) is 1. The van der Waals surface area contributed by atoms with Crippen LogP contribution in [0.15, 0.2) is 33.6 Å². The first-order valence-electron chi connectivity index (χ1n) is 6.56. The van der Waals surface area contributed by atoms with Gasteiger partial charge in [0.1, 0.15) is 0 Å². The molecule has 1 atom stereocenters. The first-order chi connectivity index (χ1) is 10.1. The smallest absolute Gasteiger partial charge is 0.328 e. The van der Waals surface area contributed by atoms with Crippen LogP contribution in [0, 0.1) is 0 Å². The van der Waals surface area contributed by atoms with Crippen molar-refractivity contribution in [2.45, 2.75) is 17.4 Å². The summed E-state index contributed by atoms with van der Waals surface area (Å²) in [5, 5.41) is 9.10. The van der Waals surface area contributed by atoms with Gasteiger partial charge in [0, 0.05) is 28.1 Å². The molecule has 1 unspecified atom stereocenters. The van der Waals surface area contributed by atoms with Gasteiger partial charge in [0.2, 0.25) is 5.91 Å². The summed E-state index contributed by atoms with van der Waals surface area (Å²) in [6, 6.07) is 7.00. The highest BCUT2D eigenvalue weighted by molar-refractivity contribution is 9.10. The molecule has 2 rings (SSSR count). The van der Waals surface area contributed by atoms with Crippen molar-refractivity contribution < 1.29 is 19.4 Å². The average Bonchev–Trinajstić information content (AvgIpc) is 2.49. The Bertz CT molecular complexity index is 508. The van der Waals surface area contributed by atoms with Gasteiger partial charge in [-0.2, -0.15) is 0 Å². The first-order valence-corrected chi connectivity index (χ1v) is 8.34. The number of aliphatic carboxylic acids is 1. The van der Waals surface area contributed by atoms with Crippen LogP contribution >= 0.6 is 27.7 Å². The van der Waals surface area contributed by atoms with Crippen LogP contribution in [-0.4, -0.2) is 53.4 Å². The van der Waals surface area contributed by atoms with Crippen molar-refractivity contribution in [3.8, 4) is 0 Å². The monoisotopic (exact) mass is 373 g/mol. The standard InChI is InChI=1S/C14H16BrNO4S/c15-10-1-3-11(4-2-10)21-8-5-13(17)16-6-7-20-9-12(16)14(18)19/h1-4,12H,5-9H2,(H,18,19). The lowest BCUT2D eigenvalue weighted by Crippen LogP contribution is -2.52. The minimum absolute atomic E-state index is 0.0704. The van der Waals surface area contributed by atoms with Gasteiger partial charge in [0.25, 0.3) is 0 Å². The topological polar surface area (TPSA) is 66.8 Å². The predicted octanol–water partition coefficient (Wildman–Crippen LogP) is 2.24. The average molecular weight is 374 g/mol. The van der Waals surface area contributed by atoms with Crippen LogP contribution in [0.4, 0.5) is 0 Å². The molecule has 1 saturated heterocycles. The van der Waals surface area contributed by atoms with Crippen LogP contribution in [-0.2, 0) is 14.3 Å². The van der Waals surface area contributed by atoms with Crippen LogP contribution in [0.1, 0.15) is 6.42 Å². The Labute approximate surface area is 135 Å². The maximum absolute atomic E-state index is 12.1. The van der Waals surface area contributed by atoms with E-state index in [9.17, 15) is 9.59 Å². The third-order valence-corrected chi connectivity index (χ3v) is 4.67. The molecule has 1 N–H and O–H groups in total. The molecule has 21 heavy (non-hydrogen) atoms. The predicted molar refractivity (Wildman–Crippen MR) is 83.4 cm³/mol. The fourth-order valence-electron chi connectivity index (χ4n) is 2.04. The number of halogens is 1. The molecule has 0 bridgehead atoms. The summed E-state index contributed by atoms with van der Waals surface area (Å²) in [5.41, 5.74) is 0. The Hall–Kier alpha value is -1.05. The normalized spacial score (nSPS) is 18.5. The zero-order chi connectivity index (χ0) is 15.2. The molecule has 0 radical (unpaired) electrons. The second-order valence-electron chi connectivity index (χ2n) is 4.57. The third-order valence-electron chi connectivity index (χ3n) is 3.13. The molecule has 1 heterocycles. The van der Waals surface area contributed by atoms with Gasteiger partial charge in [-0.05, 0) is 24.3 Å². The largest absolute Gasteiger partial charge is 0.480 e. The van der Waals surface area contributed by atoms with E-state index in [4.69, 9.17) is 9.84 Å². The van der Waals surface area contributed by atoms with E-state index in [0.717, 1.165) is 9.37 Å². The van der Waals surface area contributed by atoms with Gasteiger partial charge in [-0.15, -0.1) is 11.8 Å². The SMILES string of the molecule is O=C(O)C1COCCN1C(=O)CCSc1ccc(Br)cc1. The molecule has 1 aromatic rings. The number of morpholine rings is 1. The van der Waals surface area contributed by atoms with Crippen molar-refractivity contribution in [1.29, 1.82) is 0 Å². The molecule has 0 saturated carbocycles. The molecular weight excluding hydrogens is 358 g/mol. The number of carboxylic acids is 1. The number of hydrogen-bond donors (Lipinski definition) is 1. The lowest BCUT2D eigenvalue weighted by Gasteiger charge is -2.32. The molecule has 1 aromatic carbocycles. The number of hydrogen-bond acceptors (Lipinski definition) is 4. The highest BCUT2D eigenvalue weighted by atomic mass is 79.9. The van der Waals surface area contributed by atoms with Crippen molar-refractivity contribution in [1.82, 2.24) is 4.90 Å². The molecule has 1 aliphatic rings. The van der Waals surface area contributed by atoms with Crippen molar-refractivity contribution in [2.24, 2.45) is 0 Å². The summed E-state index contributed by atoms with van der Waals surface area (Å²) in [5.74, 6) is -0.511. The number of carbonyl (C=O) groups is 2. The molecular formula is C14H16BrNO4S. The number of carboxylic acid groups (broad SMARTS) is 1. The van der Waals surface area contributed by atoms with Gasteiger partial charge >= 0.3 is 5.97 Å². The van der Waals surface area contributed by atoms with E-state index in [2.05, 4.69) is 15.9 Å². The minimum atomic E-state index is -1.01. The van der Waals surface area contributed by atoms with Crippen LogP contribution in [0.3, 0.4) is 0 Å². The minimum Gasteiger partial charge on any atom is -0.480 e. The lowest BCUT2D eigenvalue weighted by molar-refractivity contribution is -0.158.